The summed E-state index contributed by atoms with van der Waals surface area (Å²) in [5, 5.41) is 7.15. The molecule has 5 rings (SSSR count). The van der Waals surface area contributed by atoms with Gasteiger partial charge in [0.25, 0.3) is 0 Å². The zero-order valence-corrected chi connectivity index (χ0v) is 17.8. The summed E-state index contributed by atoms with van der Waals surface area (Å²) in [6.45, 7) is 0. The van der Waals surface area contributed by atoms with Gasteiger partial charge >= 0.3 is 0 Å². The van der Waals surface area contributed by atoms with Gasteiger partial charge < -0.3 is 15.6 Å². The van der Waals surface area contributed by atoms with Crippen LogP contribution in [0.4, 0.5) is 0 Å². The minimum Gasteiger partial charge on any atom is -0.360 e. The molecule has 0 bridgehead atoms. The van der Waals surface area contributed by atoms with Crippen molar-refractivity contribution >= 4 is 5.91 Å². The molecule has 0 saturated heterocycles. The van der Waals surface area contributed by atoms with Crippen LogP contribution in [0.1, 0.15) is 79.1 Å². The van der Waals surface area contributed by atoms with Gasteiger partial charge in [-0.2, -0.15) is 0 Å². The van der Waals surface area contributed by atoms with E-state index < -0.39 is 0 Å². The molecule has 1 unspecified atom stereocenters. The molecule has 2 aromatic rings. The first kappa shape index (κ1) is 19.6. The fraction of sp³-hybridized carbons (Fsp3) is 0.500. The molecule has 1 aromatic carbocycles. The predicted molar refractivity (Wildman–Crippen MR) is 120 cm³/mol. The molecule has 0 spiro atoms. The van der Waals surface area contributed by atoms with Crippen LogP contribution in [0, 0.1) is 0 Å². The summed E-state index contributed by atoms with van der Waals surface area (Å²) in [7, 11) is 0. The second-order valence-electron chi connectivity index (χ2n) is 9.24. The highest BCUT2D eigenvalue weighted by molar-refractivity contribution is 5.80. The number of fused-ring (bicyclic) bond motifs is 3. The summed E-state index contributed by atoms with van der Waals surface area (Å²) in [5.41, 5.74) is 7.88. The number of H-pyrrole nitrogens is 1. The maximum absolute atomic E-state index is 12.5. The van der Waals surface area contributed by atoms with Crippen LogP contribution >= 0.6 is 0 Å². The zero-order chi connectivity index (χ0) is 20.3. The number of allylic oxidation sites excluding steroid dienone is 2. The molecule has 1 amide bonds. The van der Waals surface area contributed by atoms with Gasteiger partial charge in [-0.15, -0.1) is 0 Å². The average molecular weight is 404 g/mol. The Morgan fingerprint density at radius 2 is 1.83 bits per heavy atom. The third kappa shape index (κ3) is 4.24. The Morgan fingerprint density at radius 3 is 2.67 bits per heavy atom. The van der Waals surface area contributed by atoms with Crippen molar-refractivity contribution in [3.8, 4) is 0 Å². The van der Waals surface area contributed by atoms with Gasteiger partial charge in [-0.3, -0.25) is 4.79 Å². The van der Waals surface area contributed by atoms with Gasteiger partial charge in [0, 0.05) is 42.0 Å². The fourth-order valence-corrected chi connectivity index (χ4v) is 5.56. The molecule has 30 heavy (non-hydrogen) atoms. The highest BCUT2D eigenvalue weighted by Crippen LogP contribution is 2.37. The Balaban J connectivity index is 1.26. The summed E-state index contributed by atoms with van der Waals surface area (Å²) < 4.78 is 0. The maximum Gasteiger partial charge on any atom is 0.228 e. The van der Waals surface area contributed by atoms with Crippen molar-refractivity contribution in [3.63, 3.8) is 0 Å². The predicted octanol–water partition coefficient (Wildman–Crippen LogP) is 4.66. The number of amides is 1. The first-order valence-electron chi connectivity index (χ1n) is 11.8. The second kappa shape index (κ2) is 8.81. The number of hydrogen-bond donors (Lipinski definition) is 3. The van der Waals surface area contributed by atoms with Crippen LogP contribution < -0.4 is 10.6 Å². The lowest BCUT2D eigenvalue weighted by atomic mass is 9.86. The SMILES string of the molecule is O=C(Cc1ccccc1)NC1=CCc2[nH]c3c(c2C1)CCCC3NC1CCCCC1. The quantitative estimate of drug-likeness (QED) is 0.680. The number of nitrogens with one attached hydrogen (secondary N) is 3. The maximum atomic E-state index is 12.5. The summed E-state index contributed by atoms with van der Waals surface area (Å²) in [6, 6.07) is 11.1. The van der Waals surface area contributed by atoms with Crippen molar-refractivity contribution in [3.05, 3.63) is 70.2 Å². The van der Waals surface area contributed by atoms with Crippen LogP contribution in [-0.2, 0) is 30.5 Å². The summed E-state index contributed by atoms with van der Waals surface area (Å²) >= 11 is 0. The van der Waals surface area contributed by atoms with E-state index in [1.54, 1.807) is 0 Å². The summed E-state index contributed by atoms with van der Waals surface area (Å²) in [5.74, 6) is 0.0807. The Labute approximate surface area is 179 Å². The Hall–Kier alpha value is -2.33. The topological polar surface area (TPSA) is 56.9 Å². The molecule has 4 heteroatoms. The van der Waals surface area contributed by atoms with Crippen molar-refractivity contribution in [2.45, 2.75) is 82.7 Å². The van der Waals surface area contributed by atoms with E-state index in [1.165, 1.54) is 67.5 Å². The number of carbonyl (C=O) groups is 1. The van der Waals surface area contributed by atoms with Crippen molar-refractivity contribution in [1.29, 1.82) is 0 Å². The molecule has 3 aliphatic rings. The molecule has 1 fully saturated rings. The monoisotopic (exact) mass is 403 g/mol. The van der Waals surface area contributed by atoms with Gasteiger partial charge in [0.05, 0.1) is 6.42 Å². The van der Waals surface area contributed by atoms with Crippen LogP contribution in [0.25, 0.3) is 0 Å². The highest BCUT2D eigenvalue weighted by Gasteiger charge is 2.30. The van der Waals surface area contributed by atoms with Crippen molar-refractivity contribution < 1.29 is 4.79 Å². The number of benzene rings is 1. The molecular formula is C26H33N3O. The lowest BCUT2D eigenvalue weighted by Gasteiger charge is -2.31. The number of hydrogen-bond acceptors (Lipinski definition) is 2. The van der Waals surface area contributed by atoms with E-state index >= 15 is 0 Å². The molecule has 0 aliphatic heterocycles. The Kier molecular flexibility index (Phi) is 5.76. The minimum absolute atomic E-state index is 0.0807. The smallest absolute Gasteiger partial charge is 0.228 e. The highest BCUT2D eigenvalue weighted by atomic mass is 16.1. The second-order valence-corrected chi connectivity index (χ2v) is 9.24. The van der Waals surface area contributed by atoms with E-state index in [1.807, 2.05) is 30.3 Å². The molecule has 1 saturated carbocycles. The van der Waals surface area contributed by atoms with E-state index in [2.05, 4.69) is 21.7 Å². The van der Waals surface area contributed by atoms with Gasteiger partial charge in [0.1, 0.15) is 0 Å². The third-order valence-electron chi connectivity index (χ3n) is 7.08. The Morgan fingerprint density at radius 1 is 1.00 bits per heavy atom. The fourth-order valence-electron chi connectivity index (χ4n) is 5.56. The number of aromatic nitrogens is 1. The van der Waals surface area contributed by atoms with Crippen LogP contribution in [0.15, 0.2) is 42.1 Å². The van der Waals surface area contributed by atoms with E-state index in [0.29, 0.717) is 18.5 Å². The molecular weight excluding hydrogens is 370 g/mol. The molecule has 1 atom stereocenters. The first-order valence-corrected chi connectivity index (χ1v) is 11.8. The molecule has 0 radical (unpaired) electrons. The van der Waals surface area contributed by atoms with Gasteiger partial charge in [-0.05, 0) is 48.8 Å². The van der Waals surface area contributed by atoms with Crippen molar-refractivity contribution in [2.24, 2.45) is 0 Å². The van der Waals surface area contributed by atoms with E-state index in [-0.39, 0.29) is 5.91 Å². The minimum atomic E-state index is 0.0807. The van der Waals surface area contributed by atoms with Crippen molar-refractivity contribution in [1.82, 2.24) is 15.6 Å². The third-order valence-corrected chi connectivity index (χ3v) is 7.08. The number of carbonyl (C=O) groups excluding carboxylic acids is 1. The number of rotatable bonds is 5. The Bertz CT molecular complexity index is 921. The molecule has 158 valence electrons. The largest absolute Gasteiger partial charge is 0.360 e. The van der Waals surface area contributed by atoms with Gasteiger partial charge in [-0.1, -0.05) is 55.7 Å². The first-order chi connectivity index (χ1) is 14.8. The molecule has 4 nitrogen and oxygen atoms in total. The standard InChI is InChI=1S/C26H33N3O/c30-25(16-18-8-3-1-4-9-18)28-20-14-15-23-22(17-20)21-12-7-13-24(26(21)29-23)27-19-10-5-2-6-11-19/h1,3-4,8-9,14,19,24,27,29H,2,5-7,10-13,15-17H2,(H,28,30). The van der Waals surface area contributed by atoms with E-state index in [4.69, 9.17) is 0 Å². The van der Waals surface area contributed by atoms with Crippen molar-refractivity contribution in [2.75, 3.05) is 0 Å². The molecule has 3 aliphatic carbocycles. The number of aromatic amines is 1. The van der Waals surface area contributed by atoms with E-state index in [9.17, 15) is 4.79 Å². The van der Waals surface area contributed by atoms with Crippen LogP contribution in [0.2, 0.25) is 0 Å². The lowest BCUT2D eigenvalue weighted by Crippen LogP contribution is -2.36. The van der Waals surface area contributed by atoms with Gasteiger partial charge in [-0.25, -0.2) is 0 Å². The zero-order valence-electron chi connectivity index (χ0n) is 17.8. The van der Waals surface area contributed by atoms with Gasteiger partial charge in [0.15, 0.2) is 0 Å². The summed E-state index contributed by atoms with van der Waals surface area (Å²) in [6.07, 6.45) is 14.8. The van der Waals surface area contributed by atoms with Crippen LogP contribution in [0.5, 0.6) is 0 Å². The van der Waals surface area contributed by atoms with Crippen LogP contribution in [-0.4, -0.2) is 16.9 Å². The molecule has 1 aromatic heterocycles. The molecule has 3 N–H and O–H groups in total. The van der Waals surface area contributed by atoms with Crippen LogP contribution in [0.3, 0.4) is 0 Å². The van der Waals surface area contributed by atoms with Gasteiger partial charge in [0.2, 0.25) is 5.91 Å². The average Bonchev–Trinajstić information content (AvgIpc) is 3.14. The lowest BCUT2D eigenvalue weighted by molar-refractivity contribution is -0.119. The summed E-state index contributed by atoms with van der Waals surface area (Å²) in [4.78, 5) is 16.3. The molecule has 1 heterocycles. The van der Waals surface area contributed by atoms with E-state index in [0.717, 1.165) is 30.5 Å². The normalized spacial score (nSPS) is 21.5.